The third kappa shape index (κ3) is 6.27. The Kier molecular flexibility index (Phi) is 7.99. The van der Waals surface area contributed by atoms with Crippen molar-refractivity contribution in [2.45, 2.75) is 26.8 Å². The molecule has 0 bridgehead atoms. The first kappa shape index (κ1) is 13.8. The maximum Gasteiger partial charge on any atom is 0.315 e. The van der Waals surface area contributed by atoms with Gasteiger partial charge in [0.15, 0.2) is 0 Å². The summed E-state index contributed by atoms with van der Waals surface area (Å²) < 4.78 is 4.84. The van der Waals surface area contributed by atoms with Gasteiger partial charge < -0.3 is 10.1 Å². The number of esters is 1. The van der Waals surface area contributed by atoms with Gasteiger partial charge in [0, 0.05) is 11.8 Å². The van der Waals surface area contributed by atoms with Crippen LogP contribution in [0, 0.1) is 5.92 Å². The highest BCUT2D eigenvalue weighted by Crippen LogP contribution is 2.09. The Bertz CT molecular complexity index is 162. The van der Waals surface area contributed by atoms with E-state index in [9.17, 15) is 4.79 Å². The van der Waals surface area contributed by atoms with Gasteiger partial charge in [-0.2, -0.15) is 0 Å². The molecule has 0 aliphatic carbocycles. The largest absolute Gasteiger partial charge is 0.465 e. The Morgan fingerprint density at radius 3 is 2.57 bits per heavy atom. The fourth-order valence-electron chi connectivity index (χ4n) is 1.08. The molecule has 0 aliphatic heterocycles. The van der Waals surface area contributed by atoms with Crippen LogP contribution in [0.5, 0.6) is 0 Å². The van der Waals surface area contributed by atoms with Crippen molar-refractivity contribution >= 4 is 17.7 Å². The molecule has 1 unspecified atom stereocenters. The summed E-state index contributed by atoms with van der Waals surface area (Å²) in [7, 11) is 1.95. The van der Waals surface area contributed by atoms with E-state index in [-0.39, 0.29) is 5.97 Å². The van der Waals surface area contributed by atoms with Crippen molar-refractivity contribution in [2.75, 3.05) is 25.2 Å². The molecule has 4 heteroatoms. The van der Waals surface area contributed by atoms with Crippen molar-refractivity contribution in [3.63, 3.8) is 0 Å². The first-order valence-corrected chi connectivity index (χ1v) is 6.17. The van der Waals surface area contributed by atoms with E-state index in [2.05, 4.69) is 19.2 Å². The van der Waals surface area contributed by atoms with Crippen molar-refractivity contribution in [3.05, 3.63) is 0 Å². The van der Waals surface area contributed by atoms with Gasteiger partial charge in [0.2, 0.25) is 0 Å². The highest BCUT2D eigenvalue weighted by molar-refractivity contribution is 7.99. The SMILES string of the molecule is CCOC(=O)CSCC(NC)C(C)C. The molecular weight excluding hydrogens is 198 g/mol. The van der Waals surface area contributed by atoms with Crippen LogP contribution in [0.4, 0.5) is 0 Å². The number of rotatable bonds is 7. The quantitative estimate of drug-likeness (QED) is 0.659. The number of ether oxygens (including phenoxy) is 1. The van der Waals surface area contributed by atoms with E-state index in [4.69, 9.17) is 4.74 Å². The lowest BCUT2D eigenvalue weighted by atomic mass is 10.1. The normalized spacial score (nSPS) is 12.9. The number of thioether (sulfide) groups is 1. The molecule has 0 rings (SSSR count). The minimum absolute atomic E-state index is 0.115. The Hall–Kier alpha value is -0.220. The highest BCUT2D eigenvalue weighted by atomic mass is 32.2. The number of carbonyl (C=O) groups excluding carboxylic acids is 1. The van der Waals surface area contributed by atoms with Crippen molar-refractivity contribution in [1.29, 1.82) is 0 Å². The number of nitrogens with one attached hydrogen (secondary N) is 1. The molecule has 0 amide bonds. The summed E-state index contributed by atoms with van der Waals surface area (Å²) in [6.07, 6.45) is 0. The zero-order valence-corrected chi connectivity index (χ0v) is 10.3. The summed E-state index contributed by atoms with van der Waals surface area (Å²) >= 11 is 1.63. The second-order valence-corrected chi connectivity index (χ2v) is 4.49. The summed E-state index contributed by atoms with van der Waals surface area (Å²) in [5.74, 6) is 1.89. The molecule has 1 N–H and O–H groups in total. The van der Waals surface area contributed by atoms with Gasteiger partial charge in [-0.15, -0.1) is 11.8 Å². The van der Waals surface area contributed by atoms with E-state index >= 15 is 0 Å². The standard InChI is InChI=1S/C10H21NO2S/c1-5-13-10(12)7-14-6-9(11-4)8(2)3/h8-9,11H,5-7H2,1-4H3. The van der Waals surface area contributed by atoms with E-state index in [0.29, 0.717) is 24.3 Å². The molecule has 0 heterocycles. The van der Waals surface area contributed by atoms with Crippen LogP contribution in [-0.4, -0.2) is 37.2 Å². The molecule has 0 spiro atoms. The average Bonchev–Trinajstić information content (AvgIpc) is 2.12. The van der Waals surface area contributed by atoms with Crippen LogP contribution in [-0.2, 0) is 9.53 Å². The fourth-order valence-corrected chi connectivity index (χ4v) is 2.25. The zero-order chi connectivity index (χ0) is 11.0. The molecule has 3 nitrogen and oxygen atoms in total. The average molecular weight is 219 g/mol. The molecule has 0 saturated carbocycles. The third-order valence-corrected chi connectivity index (χ3v) is 3.03. The van der Waals surface area contributed by atoms with Crippen LogP contribution >= 0.6 is 11.8 Å². The van der Waals surface area contributed by atoms with Crippen molar-refractivity contribution in [2.24, 2.45) is 5.92 Å². The van der Waals surface area contributed by atoms with Gasteiger partial charge in [-0.1, -0.05) is 13.8 Å². The lowest BCUT2D eigenvalue weighted by Gasteiger charge is -2.19. The number of carbonyl (C=O) groups is 1. The summed E-state index contributed by atoms with van der Waals surface area (Å²) in [5.41, 5.74) is 0. The second kappa shape index (κ2) is 8.12. The Labute approximate surface area is 91.0 Å². The van der Waals surface area contributed by atoms with Gasteiger partial charge in [0.25, 0.3) is 0 Å². The van der Waals surface area contributed by atoms with E-state index < -0.39 is 0 Å². The summed E-state index contributed by atoms with van der Waals surface area (Å²) in [4.78, 5) is 11.0. The molecule has 0 aromatic rings. The van der Waals surface area contributed by atoms with Gasteiger partial charge in [0.1, 0.15) is 0 Å². The molecule has 0 aliphatic rings. The first-order valence-electron chi connectivity index (χ1n) is 5.02. The van der Waals surface area contributed by atoms with Gasteiger partial charge in [0.05, 0.1) is 12.4 Å². The van der Waals surface area contributed by atoms with Gasteiger partial charge >= 0.3 is 5.97 Å². The third-order valence-electron chi connectivity index (χ3n) is 2.00. The first-order chi connectivity index (χ1) is 6.61. The Balaban J connectivity index is 3.56. The number of hydrogen-bond donors (Lipinski definition) is 1. The van der Waals surface area contributed by atoms with Gasteiger partial charge in [-0.3, -0.25) is 4.79 Å². The van der Waals surface area contributed by atoms with Crippen LogP contribution in [0.15, 0.2) is 0 Å². The van der Waals surface area contributed by atoms with E-state index in [1.807, 2.05) is 14.0 Å². The predicted octanol–water partition coefficient (Wildman–Crippen LogP) is 1.53. The van der Waals surface area contributed by atoms with Crippen LogP contribution in [0.2, 0.25) is 0 Å². The van der Waals surface area contributed by atoms with Crippen molar-refractivity contribution in [3.8, 4) is 0 Å². The molecular formula is C10H21NO2S. The summed E-state index contributed by atoms with van der Waals surface area (Å²) in [6, 6.07) is 0.467. The molecule has 0 saturated heterocycles. The highest BCUT2D eigenvalue weighted by Gasteiger charge is 2.11. The van der Waals surface area contributed by atoms with Crippen LogP contribution < -0.4 is 5.32 Å². The van der Waals surface area contributed by atoms with Gasteiger partial charge in [-0.05, 0) is 19.9 Å². The van der Waals surface area contributed by atoms with Crippen LogP contribution in [0.3, 0.4) is 0 Å². The molecule has 0 radical (unpaired) electrons. The molecule has 0 aromatic heterocycles. The molecule has 14 heavy (non-hydrogen) atoms. The number of hydrogen-bond acceptors (Lipinski definition) is 4. The van der Waals surface area contributed by atoms with E-state index in [1.165, 1.54) is 0 Å². The van der Waals surface area contributed by atoms with Crippen molar-refractivity contribution in [1.82, 2.24) is 5.32 Å². The monoisotopic (exact) mass is 219 g/mol. The van der Waals surface area contributed by atoms with Crippen LogP contribution in [0.1, 0.15) is 20.8 Å². The fraction of sp³-hybridized carbons (Fsp3) is 0.900. The lowest BCUT2D eigenvalue weighted by Crippen LogP contribution is -2.33. The lowest BCUT2D eigenvalue weighted by molar-refractivity contribution is -0.139. The maximum absolute atomic E-state index is 11.0. The minimum Gasteiger partial charge on any atom is -0.465 e. The zero-order valence-electron chi connectivity index (χ0n) is 9.50. The summed E-state index contributed by atoms with van der Waals surface area (Å²) in [6.45, 7) is 6.64. The molecule has 0 fully saturated rings. The topological polar surface area (TPSA) is 38.3 Å². The Morgan fingerprint density at radius 2 is 2.14 bits per heavy atom. The molecule has 0 aromatic carbocycles. The van der Waals surface area contributed by atoms with E-state index in [0.717, 1.165) is 5.75 Å². The molecule has 1 atom stereocenters. The van der Waals surface area contributed by atoms with Crippen LogP contribution in [0.25, 0.3) is 0 Å². The minimum atomic E-state index is -0.115. The molecule has 84 valence electrons. The maximum atomic E-state index is 11.0. The second-order valence-electron chi connectivity index (χ2n) is 3.46. The van der Waals surface area contributed by atoms with E-state index in [1.54, 1.807) is 11.8 Å². The smallest absolute Gasteiger partial charge is 0.315 e. The predicted molar refractivity (Wildman–Crippen MR) is 61.6 cm³/mol. The van der Waals surface area contributed by atoms with Gasteiger partial charge in [-0.25, -0.2) is 0 Å². The Morgan fingerprint density at radius 1 is 1.50 bits per heavy atom. The summed E-state index contributed by atoms with van der Waals surface area (Å²) in [5, 5.41) is 3.23. The van der Waals surface area contributed by atoms with Crippen molar-refractivity contribution < 1.29 is 9.53 Å².